The Kier molecular flexibility index (Phi) is 4.86. The third-order valence-electron chi connectivity index (χ3n) is 3.21. The zero-order valence-electron chi connectivity index (χ0n) is 9.71. The molecule has 2 aliphatic heterocycles. The van der Waals surface area contributed by atoms with Gasteiger partial charge < -0.3 is 38.1 Å². The molecule has 0 unspecified atom stereocenters. The zero-order valence-corrected chi connectivity index (χ0v) is 11.9. The quantitative estimate of drug-likeness (QED) is 0.397. The molecular weight excluding hydrogens is 303 g/mol. The van der Waals surface area contributed by atoms with Crippen LogP contribution in [-0.2, 0) is 4.74 Å². The van der Waals surface area contributed by atoms with Gasteiger partial charge in [0.25, 0.3) is 0 Å². The summed E-state index contributed by atoms with van der Waals surface area (Å²) in [7, 11) is 4.60. The maximum Gasteiger partial charge on any atom is 0.0989 e. The lowest BCUT2D eigenvalue weighted by molar-refractivity contribution is -0.886. The van der Waals surface area contributed by atoms with Crippen molar-refractivity contribution in [1.82, 2.24) is 4.90 Å². The van der Waals surface area contributed by atoms with Crippen molar-refractivity contribution in [3.63, 3.8) is 0 Å². The monoisotopic (exact) mass is 324 g/mol. The van der Waals surface area contributed by atoms with E-state index in [1.807, 2.05) is 0 Å². The fourth-order valence-corrected chi connectivity index (χ4v) is 2.10. The van der Waals surface area contributed by atoms with E-state index in [1.54, 1.807) is 5.70 Å². The fraction of sp³-hybridized carbons (Fsp3) is 0.818. The second-order valence-electron chi connectivity index (χ2n) is 4.89. The highest BCUT2D eigenvalue weighted by molar-refractivity contribution is 5.04. The number of hydrogen-bond donors (Lipinski definition) is 0. The van der Waals surface area contributed by atoms with Gasteiger partial charge in [0.15, 0.2) is 0 Å². The summed E-state index contributed by atoms with van der Waals surface area (Å²) < 4.78 is 6.49. The Labute approximate surface area is 110 Å². The Morgan fingerprint density at radius 3 is 2.47 bits per heavy atom. The molecule has 1 fully saturated rings. The predicted octanol–water partition coefficient (Wildman–Crippen LogP) is -2.31. The Morgan fingerprint density at radius 2 is 1.93 bits per heavy atom. The minimum atomic E-state index is 0. The number of halogens is 1. The van der Waals surface area contributed by atoms with Crippen LogP contribution in [0.5, 0.6) is 0 Å². The highest BCUT2D eigenvalue weighted by atomic mass is 127. The van der Waals surface area contributed by atoms with Crippen LogP contribution < -0.4 is 24.0 Å². The maximum absolute atomic E-state index is 5.36. The summed E-state index contributed by atoms with van der Waals surface area (Å²) in [6, 6.07) is 0. The van der Waals surface area contributed by atoms with Crippen molar-refractivity contribution in [2.75, 3.05) is 53.5 Å². The normalized spacial score (nSPS) is 25.5. The van der Waals surface area contributed by atoms with Gasteiger partial charge in [0.2, 0.25) is 0 Å². The SMILES string of the molecule is C[N+]1(C)CC=C(N2CCOCC2)CC1.[I-]. The Balaban J connectivity index is 0.00000112. The van der Waals surface area contributed by atoms with Crippen LogP contribution in [0.2, 0.25) is 0 Å². The summed E-state index contributed by atoms with van der Waals surface area (Å²) in [4.78, 5) is 2.49. The summed E-state index contributed by atoms with van der Waals surface area (Å²) in [6.45, 7) is 6.40. The first-order valence-electron chi connectivity index (χ1n) is 5.51. The molecule has 1 saturated heterocycles. The van der Waals surface area contributed by atoms with Gasteiger partial charge in [-0.05, 0) is 6.08 Å². The van der Waals surface area contributed by atoms with Crippen LogP contribution in [0.15, 0.2) is 11.8 Å². The number of nitrogens with zero attached hydrogens (tertiary/aromatic N) is 2. The summed E-state index contributed by atoms with van der Waals surface area (Å²) in [5.41, 5.74) is 1.55. The summed E-state index contributed by atoms with van der Waals surface area (Å²) in [5, 5.41) is 0. The van der Waals surface area contributed by atoms with Crippen molar-refractivity contribution in [2.24, 2.45) is 0 Å². The molecule has 0 aromatic rings. The minimum absolute atomic E-state index is 0. The number of ether oxygens (including phenoxy) is 1. The zero-order chi connectivity index (χ0) is 10.0. The van der Waals surface area contributed by atoms with Crippen molar-refractivity contribution < 1.29 is 33.2 Å². The van der Waals surface area contributed by atoms with E-state index in [0.717, 1.165) is 30.8 Å². The van der Waals surface area contributed by atoms with Crippen LogP contribution >= 0.6 is 0 Å². The molecule has 3 nitrogen and oxygen atoms in total. The molecule has 0 aliphatic carbocycles. The van der Waals surface area contributed by atoms with Crippen molar-refractivity contribution in [3.05, 3.63) is 11.8 Å². The van der Waals surface area contributed by atoms with Crippen LogP contribution in [0.3, 0.4) is 0 Å². The topological polar surface area (TPSA) is 12.5 Å². The van der Waals surface area contributed by atoms with Crippen molar-refractivity contribution in [2.45, 2.75) is 6.42 Å². The molecule has 2 aliphatic rings. The number of likely N-dealkylation sites (N-methyl/N-ethyl adjacent to an activating group) is 1. The Hall–Kier alpha value is 0.190. The van der Waals surface area contributed by atoms with Crippen molar-refractivity contribution in [1.29, 1.82) is 0 Å². The smallest absolute Gasteiger partial charge is 0.0989 e. The first kappa shape index (κ1) is 13.3. The van der Waals surface area contributed by atoms with Gasteiger partial charge in [-0.3, -0.25) is 0 Å². The molecule has 0 saturated carbocycles. The molecule has 0 radical (unpaired) electrons. The Bertz CT molecular complexity index is 235. The molecule has 88 valence electrons. The van der Waals surface area contributed by atoms with Gasteiger partial charge in [-0.2, -0.15) is 0 Å². The molecular formula is C11H21IN2O. The lowest BCUT2D eigenvalue weighted by Crippen LogP contribution is -3.00. The van der Waals surface area contributed by atoms with E-state index in [0.29, 0.717) is 0 Å². The largest absolute Gasteiger partial charge is 1.00 e. The van der Waals surface area contributed by atoms with Gasteiger partial charge in [-0.15, -0.1) is 0 Å². The molecule has 0 N–H and O–H groups in total. The molecule has 2 heterocycles. The van der Waals surface area contributed by atoms with E-state index in [1.165, 1.54) is 19.5 Å². The molecule has 0 bridgehead atoms. The molecule has 0 atom stereocenters. The van der Waals surface area contributed by atoms with E-state index < -0.39 is 0 Å². The molecule has 15 heavy (non-hydrogen) atoms. The third kappa shape index (κ3) is 3.60. The van der Waals surface area contributed by atoms with Crippen LogP contribution in [0, 0.1) is 0 Å². The lowest BCUT2D eigenvalue weighted by Gasteiger charge is -2.38. The number of hydrogen-bond acceptors (Lipinski definition) is 2. The molecule has 0 aromatic carbocycles. The molecule has 4 heteroatoms. The average molecular weight is 324 g/mol. The van der Waals surface area contributed by atoms with E-state index >= 15 is 0 Å². The second-order valence-corrected chi connectivity index (χ2v) is 4.89. The van der Waals surface area contributed by atoms with Gasteiger partial charge in [-0.1, -0.05) is 0 Å². The lowest BCUT2D eigenvalue weighted by atomic mass is 10.1. The van der Waals surface area contributed by atoms with Gasteiger partial charge in [-0.25, -0.2) is 0 Å². The van der Waals surface area contributed by atoms with Gasteiger partial charge >= 0.3 is 0 Å². The first-order valence-corrected chi connectivity index (χ1v) is 5.51. The second kappa shape index (κ2) is 5.50. The fourth-order valence-electron chi connectivity index (χ4n) is 2.10. The first-order chi connectivity index (χ1) is 6.67. The van der Waals surface area contributed by atoms with E-state index in [2.05, 4.69) is 25.1 Å². The molecule has 0 spiro atoms. The van der Waals surface area contributed by atoms with E-state index in [-0.39, 0.29) is 24.0 Å². The molecule has 0 aromatic heterocycles. The van der Waals surface area contributed by atoms with E-state index in [9.17, 15) is 0 Å². The number of morpholine rings is 1. The third-order valence-corrected chi connectivity index (χ3v) is 3.21. The average Bonchev–Trinajstić information content (AvgIpc) is 2.19. The molecule has 0 amide bonds. The van der Waals surface area contributed by atoms with Crippen LogP contribution in [0.25, 0.3) is 0 Å². The van der Waals surface area contributed by atoms with Gasteiger partial charge in [0.1, 0.15) is 0 Å². The summed E-state index contributed by atoms with van der Waals surface area (Å²) in [6.07, 6.45) is 3.64. The van der Waals surface area contributed by atoms with Crippen LogP contribution in [-0.4, -0.2) is 62.9 Å². The van der Waals surface area contributed by atoms with Crippen LogP contribution in [0.1, 0.15) is 6.42 Å². The highest BCUT2D eigenvalue weighted by Crippen LogP contribution is 2.18. The van der Waals surface area contributed by atoms with Gasteiger partial charge in [0.05, 0.1) is 40.4 Å². The highest BCUT2D eigenvalue weighted by Gasteiger charge is 2.23. The number of rotatable bonds is 1. The maximum atomic E-state index is 5.36. The Morgan fingerprint density at radius 1 is 1.27 bits per heavy atom. The molecule has 2 rings (SSSR count). The van der Waals surface area contributed by atoms with Crippen molar-refractivity contribution >= 4 is 0 Å². The van der Waals surface area contributed by atoms with Crippen LogP contribution in [0.4, 0.5) is 0 Å². The van der Waals surface area contributed by atoms with Gasteiger partial charge in [0, 0.05) is 25.2 Å². The standard InChI is InChI=1S/C11H21N2O.HI/c1-13(2)7-3-11(4-8-13)12-5-9-14-10-6-12;/h3H,4-10H2,1-2H3;1H/q+1;/p-1. The number of quaternary nitrogens is 1. The minimum Gasteiger partial charge on any atom is -1.00 e. The van der Waals surface area contributed by atoms with Crippen molar-refractivity contribution in [3.8, 4) is 0 Å². The van der Waals surface area contributed by atoms with E-state index in [4.69, 9.17) is 4.74 Å². The predicted molar refractivity (Wildman–Crippen MR) is 56.9 cm³/mol. The summed E-state index contributed by atoms with van der Waals surface area (Å²) >= 11 is 0. The summed E-state index contributed by atoms with van der Waals surface area (Å²) in [5.74, 6) is 0.